The number of carbonyl (C=O) groups is 2. The molecule has 5 N–H and O–H groups in total. The highest BCUT2D eigenvalue weighted by Gasteiger charge is 2.29. The number of hydrogen-bond acceptors (Lipinski definition) is 12. The molecule has 0 saturated heterocycles. The van der Waals surface area contributed by atoms with Gasteiger partial charge in [0.2, 0.25) is 0 Å². The second kappa shape index (κ2) is 25.1. The minimum Gasteiger partial charge on any atom is -0.483 e. The average Bonchev–Trinajstić information content (AvgIpc) is 3.23. The molecule has 0 heterocycles. The maximum atomic E-state index is 12.7. The molecule has 4 aromatic rings. The zero-order valence-electron chi connectivity index (χ0n) is 38.0. The molecule has 20 heteroatoms. The number of benzene rings is 4. The van der Waals surface area contributed by atoms with Crippen LogP contribution in [0, 0.1) is 5.92 Å². The third-order valence-corrected chi connectivity index (χ3v) is 14.1. The fourth-order valence-electron chi connectivity index (χ4n) is 7.54. The Bertz CT molecular complexity index is 2330. The van der Waals surface area contributed by atoms with Crippen LogP contribution in [0.5, 0.6) is 5.75 Å². The van der Waals surface area contributed by atoms with E-state index >= 15 is 0 Å². The number of nitrogens with zero attached hydrogens (tertiary/aromatic N) is 3. The van der Waals surface area contributed by atoms with Gasteiger partial charge in [-0.15, -0.1) is 0 Å². The molecule has 0 unspecified atom stereocenters. The van der Waals surface area contributed by atoms with Crippen LogP contribution in [0.25, 0.3) is 32.3 Å². The van der Waals surface area contributed by atoms with Gasteiger partial charge in [0.25, 0.3) is 36.3 Å². The Kier molecular flexibility index (Phi) is 22.1. The fourth-order valence-corrected chi connectivity index (χ4v) is 9.74. The van der Waals surface area contributed by atoms with E-state index < -0.39 is 69.4 Å². The molecule has 1 saturated carbocycles. The molecule has 356 valence electrons. The van der Waals surface area contributed by atoms with Crippen LogP contribution in [0.2, 0.25) is 0 Å². The van der Waals surface area contributed by atoms with Gasteiger partial charge in [0.1, 0.15) is 20.4 Å². The molecule has 4 aromatic carbocycles. The lowest BCUT2D eigenvalue weighted by molar-refractivity contribution is -0.142. The molecule has 63 heavy (non-hydrogen) atoms. The van der Waals surface area contributed by atoms with Crippen molar-refractivity contribution in [3.05, 3.63) is 36.4 Å². The molecule has 1 aliphatic carbocycles. The highest BCUT2D eigenvalue weighted by Crippen LogP contribution is 2.45. The van der Waals surface area contributed by atoms with Gasteiger partial charge in [0.05, 0.1) is 5.92 Å². The molecule has 0 radical (unpaired) electrons. The Hall–Kier alpha value is -3.73. The van der Waals surface area contributed by atoms with Crippen LogP contribution in [0.3, 0.4) is 0 Å². The highest BCUT2D eigenvalue weighted by atomic mass is 32.2. The summed E-state index contributed by atoms with van der Waals surface area (Å²) in [6.45, 7) is 29.8. The van der Waals surface area contributed by atoms with Gasteiger partial charge in [-0.2, -0.15) is 25.3 Å². The predicted octanol–water partition coefficient (Wildman–Crippen LogP) is 6.51. The van der Waals surface area contributed by atoms with Gasteiger partial charge in [0, 0.05) is 44.4 Å². The second-order valence-corrected chi connectivity index (χ2v) is 19.0. The standard InChI is InChI=1S/C25H23NO13S3.3C6H15N/c27-22(26-13-3-1-12(2-4-13)25(28)29)11-39-18-9-19(40(30,31)32)15-7-8-17-21(42(36,37)38)10-20(41(33,34)35)16-6-5-14(18)23(15)24(16)17;3*1-4-7(5-2)6-3/h5-10,12-13H,1-4,11H2,(H,26,27)(H,28,29)(H,30,31,32)(H,33,34,35)(H,36,37,38);3*4-6H2,1-3H3. The zero-order chi connectivity index (χ0) is 47.9. The molecular weight excluding hydrogens is 877 g/mol. The summed E-state index contributed by atoms with van der Waals surface area (Å²) in [6, 6.07) is 6.01. The van der Waals surface area contributed by atoms with E-state index in [0.29, 0.717) is 31.7 Å². The number of amides is 1. The van der Waals surface area contributed by atoms with Crippen LogP contribution in [-0.4, -0.2) is 142 Å². The summed E-state index contributed by atoms with van der Waals surface area (Å²) in [4.78, 5) is 28.5. The first-order valence-electron chi connectivity index (χ1n) is 21.5. The van der Waals surface area contributed by atoms with Gasteiger partial charge in [0.15, 0.2) is 6.61 Å². The summed E-state index contributed by atoms with van der Waals surface area (Å²) < 4.78 is 109. The van der Waals surface area contributed by atoms with Crippen molar-refractivity contribution in [3.8, 4) is 5.75 Å². The van der Waals surface area contributed by atoms with Crippen LogP contribution in [0.4, 0.5) is 0 Å². The van der Waals surface area contributed by atoms with Crippen molar-refractivity contribution >= 4 is 74.5 Å². The lowest BCUT2D eigenvalue weighted by atomic mass is 9.86. The molecule has 0 spiro atoms. The van der Waals surface area contributed by atoms with E-state index in [0.717, 1.165) is 18.2 Å². The maximum absolute atomic E-state index is 12.7. The number of carboxylic acid groups (broad SMARTS) is 1. The van der Waals surface area contributed by atoms with Gasteiger partial charge >= 0.3 is 5.97 Å². The molecule has 0 aromatic heterocycles. The molecule has 1 aliphatic rings. The van der Waals surface area contributed by atoms with Crippen molar-refractivity contribution in [2.45, 2.75) is 109 Å². The third-order valence-electron chi connectivity index (χ3n) is 11.4. The van der Waals surface area contributed by atoms with Crippen molar-refractivity contribution < 1.29 is 58.3 Å². The van der Waals surface area contributed by atoms with E-state index in [1.165, 1.54) is 71.0 Å². The van der Waals surface area contributed by atoms with Crippen LogP contribution < -0.4 is 10.1 Å². The summed E-state index contributed by atoms with van der Waals surface area (Å²) in [7, 11) is -15.1. The maximum Gasteiger partial charge on any atom is 0.306 e. The lowest BCUT2D eigenvalue weighted by Crippen LogP contribution is -2.40. The normalized spacial score (nSPS) is 15.7. The smallest absolute Gasteiger partial charge is 0.306 e. The first kappa shape index (κ1) is 55.4. The summed E-state index contributed by atoms with van der Waals surface area (Å²) in [5, 5.41) is 11.1. The van der Waals surface area contributed by atoms with E-state index in [2.05, 4.69) is 82.3 Å². The zero-order valence-corrected chi connectivity index (χ0v) is 40.5. The third kappa shape index (κ3) is 15.5. The predicted molar refractivity (Wildman–Crippen MR) is 247 cm³/mol. The minimum absolute atomic E-state index is 0.0853. The molecule has 0 bridgehead atoms. The second-order valence-electron chi connectivity index (χ2n) is 14.8. The van der Waals surface area contributed by atoms with Gasteiger partial charge in [-0.05, 0) is 96.7 Å². The highest BCUT2D eigenvalue weighted by molar-refractivity contribution is 7.87. The summed E-state index contributed by atoms with van der Waals surface area (Å²) in [5.74, 6) is -2.23. The molecular formula is C43H68N4O13S3. The number of rotatable bonds is 17. The Morgan fingerprint density at radius 1 is 0.556 bits per heavy atom. The lowest BCUT2D eigenvalue weighted by Gasteiger charge is -2.26. The summed E-state index contributed by atoms with van der Waals surface area (Å²) >= 11 is 0. The number of carbonyl (C=O) groups excluding carboxylic acids is 1. The Morgan fingerprint density at radius 3 is 1.17 bits per heavy atom. The number of hydrogen-bond donors (Lipinski definition) is 5. The van der Waals surface area contributed by atoms with E-state index in [1.54, 1.807) is 0 Å². The van der Waals surface area contributed by atoms with Crippen LogP contribution >= 0.6 is 0 Å². The first-order valence-corrected chi connectivity index (χ1v) is 25.9. The van der Waals surface area contributed by atoms with Crippen molar-refractivity contribution in [1.82, 2.24) is 20.0 Å². The Morgan fingerprint density at radius 2 is 0.873 bits per heavy atom. The molecule has 5 rings (SSSR count). The first-order chi connectivity index (χ1) is 29.5. The molecule has 0 atom stereocenters. The molecule has 1 fully saturated rings. The van der Waals surface area contributed by atoms with Gasteiger partial charge in [-0.3, -0.25) is 23.2 Å². The monoisotopic (exact) mass is 944 g/mol. The average molecular weight is 945 g/mol. The summed E-state index contributed by atoms with van der Waals surface area (Å²) in [6.07, 6.45) is 1.62. The van der Waals surface area contributed by atoms with E-state index in [-0.39, 0.29) is 44.1 Å². The van der Waals surface area contributed by atoms with Crippen molar-refractivity contribution in [2.24, 2.45) is 5.92 Å². The van der Waals surface area contributed by atoms with E-state index in [4.69, 9.17) is 9.84 Å². The quantitative estimate of drug-likeness (QED) is 0.0559. The van der Waals surface area contributed by atoms with Gasteiger partial charge < -0.3 is 29.9 Å². The number of ether oxygens (including phenoxy) is 1. The number of nitrogens with one attached hydrogen (secondary N) is 1. The van der Waals surface area contributed by atoms with Crippen molar-refractivity contribution in [1.29, 1.82) is 0 Å². The largest absolute Gasteiger partial charge is 0.483 e. The van der Waals surface area contributed by atoms with Gasteiger partial charge in [-0.25, -0.2) is 0 Å². The SMILES string of the molecule is CCN(CC)CC.CCN(CC)CC.CCN(CC)CC.O=C(COc1cc(S(=O)(=O)O)c2ccc3c(S(=O)(=O)O)cc(S(=O)(=O)O)c4ccc1c2c43)NC1CCC(C(=O)O)CC1. The van der Waals surface area contributed by atoms with Gasteiger partial charge in [-0.1, -0.05) is 80.5 Å². The van der Waals surface area contributed by atoms with Crippen LogP contribution in [0.1, 0.15) is 88.0 Å². The molecule has 1 amide bonds. The van der Waals surface area contributed by atoms with E-state index in [9.17, 15) is 48.5 Å². The van der Waals surface area contributed by atoms with Crippen LogP contribution in [0.15, 0.2) is 51.1 Å². The number of aliphatic carboxylic acids is 1. The van der Waals surface area contributed by atoms with Crippen LogP contribution in [-0.2, 0) is 39.9 Å². The Balaban J connectivity index is 0.000000536. The van der Waals surface area contributed by atoms with E-state index in [1.807, 2.05) is 0 Å². The van der Waals surface area contributed by atoms with Crippen molar-refractivity contribution in [3.63, 3.8) is 0 Å². The topological polar surface area (TPSA) is 248 Å². The Labute approximate surface area is 373 Å². The molecule has 0 aliphatic heterocycles. The fraction of sp³-hybridized carbons (Fsp3) is 0.581. The molecule has 17 nitrogen and oxygen atoms in total. The van der Waals surface area contributed by atoms with Crippen molar-refractivity contribution in [2.75, 3.05) is 65.5 Å². The number of carboxylic acids is 1. The minimum atomic E-state index is -5.06. The summed E-state index contributed by atoms with van der Waals surface area (Å²) in [5.41, 5.74) is 0.